The molecule has 0 aliphatic carbocycles. The van der Waals surface area contributed by atoms with E-state index in [1.54, 1.807) is 19.2 Å². The molecule has 1 rings (SSSR count). The Morgan fingerprint density at radius 2 is 2.24 bits per heavy atom. The normalized spacial score (nSPS) is 12.7. The molecule has 4 heteroatoms. The lowest BCUT2D eigenvalue weighted by Crippen LogP contribution is -2.28. The zero-order chi connectivity index (χ0) is 12.7. The van der Waals surface area contributed by atoms with E-state index in [1.165, 1.54) is 6.07 Å². The van der Waals surface area contributed by atoms with E-state index in [0.717, 1.165) is 19.4 Å². The van der Waals surface area contributed by atoms with E-state index in [-0.39, 0.29) is 11.9 Å². The number of nitrogens with one attached hydrogen (secondary N) is 1. The van der Waals surface area contributed by atoms with Gasteiger partial charge in [0.25, 0.3) is 0 Å². The molecular formula is C13H19ClFNO. The number of hydrogen-bond donors (Lipinski definition) is 1. The van der Waals surface area contributed by atoms with Gasteiger partial charge in [-0.1, -0.05) is 11.6 Å². The molecule has 0 saturated carbocycles. The van der Waals surface area contributed by atoms with Crippen molar-refractivity contribution in [3.8, 4) is 0 Å². The van der Waals surface area contributed by atoms with E-state index in [0.29, 0.717) is 17.0 Å². The van der Waals surface area contributed by atoms with Crippen LogP contribution in [0.3, 0.4) is 0 Å². The average molecular weight is 260 g/mol. The van der Waals surface area contributed by atoms with Crippen molar-refractivity contribution >= 4 is 11.6 Å². The molecule has 0 aliphatic heterocycles. The SMILES string of the molecule is CNC(CCCOC)Cc1cc(Cl)ccc1F. The third-order valence-corrected chi connectivity index (χ3v) is 3.02. The van der Waals surface area contributed by atoms with Gasteiger partial charge in [0.2, 0.25) is 0 Å². The van der Waals surface area contributed by atoms with Gasteiger partial charge < -0.3 is 10.1 Å². The largest absolute Gasteiger partial charge is 0.385 e. The number of likely N-dealkylation sites (N-methyl/N-ethyl adjacent to an activating group) is 1. The minimum Gasteiger partial charge on any atom is -0.385 e. The van der Waals surface area contributed by atoms with Crippen LogP contribution in [-0.4, -0.2) is 26.8 Å². The van der Waals surface area contributed by atoms with Crippen molar-refractivity contribution in [3.05, 3.63) is 34.6 Å². The Balaban J connectivity index is 2.57. The van der Waals surface area contributed by atoms with Gasteiger partial charge in [-0.05, 0) is 50.1 Å². The fourth-order valence-corrected chi connectivity index (χ4v) is 1.98. The molecule has 0 spiro atoms. The second-order valence-electron chi connectivity index (χ2n) is 4.06. The summed E-state index contributed by atoms with van der Waals surface area (Å²) in [6.45, 7) is 0.732. The zero-order valence-corrected chi connectivity index (χ0v) is 11.1. The third kappa shape index (κ3) is 5.02. The highest BCUT2D eigenvalue weighted by atomic mass is 35.5. The predicted molar refractivity (Wildman–Crippen MR) is 69.1 cm³/mol. The summed E-state index contributed by atoms with van der Waals surface area (Å²) >= 11 is 5.86. The summed E-state index contributed by atoms with van der Waals surface area (Å²) in [6.07, 6.45) is 2.56. The smallest absolute Gasteiger partial charge is 0.126 e. The predicted octanol–water partition coefficient (Wildman–Crippen LogP) is 3.04. The number of halogens is 2. The Kier molecular flexibility index (Phi) is 6.48. The van der Waals surface area contributed by atoms with Gasteiger partial charge in [-0.2, -0.15) is 0 Å². The van der Waals surface area contributed by atoms with Gasteiger partial charge in [0.1, 0.15) is 5.82 Å². The fraction of sp³-hybridized carbons (Fsp3) is 0.538. The van der Waals surface area contributed by atoms with Gasteiger partial charge in [-0.15, -0.1) is 0 Å². The number of hydrogen-bond acceptors (Lipinski definition) is 2. The maximum absolute atomic E-state index is 13.5. The second-order valence-corrected chi connectivity index (χ2v) is 4.50. The van der Waals surface area contributed by atoms with Crippen LogP contribution in [0.2, 0.25) is 5.02 Å². The second kappa shape index (κ2) is 7.64. The van der Waals surface area contributed by atoms with E-state index in [9.17, 15) is 4.39 Å². The first-order valence-corrected chi connectivity index (χ1v) is 6.15. The molecule has 1 N–H and O–H groups in total. The molecule has 1 unspecified atom stereocenters. The van der Waals surface area contributed by atoms with Crippen molar-refractivity contribution in [3.63, 3.8) is 0 Å². The quantitative estimate of drug-likeness (QED) is 0.760. The van der Waals surface area contributed by atoms with Crippen LogP contribution < -0.4 is 5.32 Å². The number of methoxy groups -OCH3 is 1. The lowest BCUT2D eigenvalue weighted by atomic mass is 10.0. The van der Waals surface area contributed by atoms with Crippen LogP contribution in [0.4, 0.5) is 4.39 Å². The van der Waals surface area contributed by atoms with Crippen molar-refractivity contribution < 1.29 is 9.13 Å². The van der Waals surface area contributed by atoms with Crippen molar-refractivity contribution in [1.29, 1.82) is 0 Å². The highest BCUT2D eigenvalue weighted by molar-refractivity contribution is 6.30. The van der Waals surface area contributed by atoms with Gasteiger partial charge in [0.05, 0.1) is 0 Å². The van der Waals surface area contributed by atoms with Crippen LogP contribution in [0.1, 0.15) is 18.4 Å². The molecule has 0 heterocycles. The Morgan fingerprint density at radius 3 is 2.88 bits per heavy atom. The highest BCUT2D eigenvalue weighted by Gasteiger charge is 2.10. The van der Waals surface area contributed by atoms with Crippen LogP contribution in [0.25, 0.3) is 0 Å². The zero-order valence-electron chi connectivity index (χ0n) is 10.3. The van der Waals surface area contributed by atoms with E-state index in [2.05, 4.69) is 5.32 Å². The molecule has 0 amide bonds. The van der Waals surface area contributed by atoms with E-state index < -0.39 is 0 Å². The molecule has 96 valence electrons. The molecule has 0 radical (unpaired) electrons. The van der Waals surface area contributed by atoms with Crippen LogP contribution in [0.15, 0.2) is 18.2 Å². The summed E-state index contributed by atoms with van der Waals surface area (Å²) in [5.74, 6) is -0.193. The molecule has 1 aromatic carbocycles. The van der Waals surface area contributed by atoms with E-state index >= 15 is 0 Å². The van der Waals surface area contributed by atoms with E-state index in [4.69, 9.17) is 16.3 Å². The van der Waals surface area contributed by atoms with Gasteiger partial charge in [-0.25, -0.2) is 4.39 Å². The third-order valence-electron chi connectivity index (χ3n) is 2.78. The molecule has 0 aliphatic rings. The Labute approximate surface area is 107 Å². The maximum atomic E-state index is 13.5. The minimum atomic E-state index is -0.193. The molecular weight excluding hydrogens is 241 g/mol. The average Bonchev–Trinajstić information content (AvgIpc) is 2.32. The van der Waals surface area contributed by atoms with Gasteiger partial charge in [0.15, 0.2) is 0 Å². The first-order chi connectivity index (χ1) is 8.17. The fourth-order valence-electron chi connectivity index (χ4n) is 1.79. The Morgan fingerprint density at radius 1 is 1.47 bits per heavy atom. The van der Waals surface area contributed by atoms with Crippen molar-refractivity contribution in [1.82, 2.24) is 5.32 Å². The molecule has 0 aromatic heterocycles. The number of ether oxygens (including phenoxy) is 1. The van der Waals surface area contributed by atoms with E-state index in [1.807, 2.05) is 7.05 Å². The van der Waals surface area contributed by atoms with Crippen molar-refractivity contribution in [2.24, 2.45) is 0 Å². The monoisotopic (exact) mass is 259 g/mol. The standard InChI is InChI=1S/C13H19ClFNO/c1-16-12(4-3-7-17-2)9-10-8-11(14)5-6-13(10)15/h5-6,8,12,16H,3-4,7,9H2,1-2H3. The lowest BCUT2D eigenvalue weighted by Gasteiger charge is -2.16. The van der Waals surface area contributed by atoms with Crippen LogP contribution in [0, 0.1) is 5.82 Å². The number of benzene rings is 1. The topological polar surface area (TPSA) is 21.3 Å². The molecule has 1 atom stereocenters. The summed E-state index contributed by atoms with van der Waals surface area (Å²) in [4.78, 5) is 0. The van der Waals surface area contributed by atoms with Crippen LogP contribution >= 0.6 is 11.6 Å². The first-order valence-electron chi connectivity index (χ1n) is 5.77. The molecule has 1 aromatic rings. The molecule has 0 saturated heterocycles. The minimum absolute atomic E-state index is 0.193. The first kappa shape index (κ1) is 14.4. The summed E-state index contributed by atoms with van der Waals surface area (Å²) in [7, 11) is 3.57. The summed E-state index contributed by atoms with van der Waals surface area (Å²) in [6, 6.07) is 4.93. The molecule has 2 nitrogen and oxygen atoms in total. The van der Waals surface area contributed by atoms with Crippen molar-refractivity contribution in [2.75, 3.05) is 20.8 Å². The highest BCUT2D eigenvalue weighted by Crippen LogP contribution is 2.17. The van der Waals surface area contributed by atoms with Crippen LogP contribution in [0.5, 0.6) is 0 Å². The number of rotatable bonds is 7. The lowest BCUT2D eigenvalue weighted by molar-refractivity contribution is 0.189. The Hall–Kier alpha value is -0.640. The summed E-state index contributed by atoms with van der Waals surface area (Å²) < 4.78 is 18.6. The van der Waals surface area contributed by atoms with Gasteiger partial charge in [0, 0.05) is 24.8 Å². The molecule has 0 fully saturated rings. The summed E-state index contributed by atoms with van der Waals surface area (Å²) in [5, 5.41) is 3.77. The Bertz CT molecular complexity index is 346. The maximum Gasteiger partial charge on any atom is 0.126 e. The van der Waals surface area contributed by atoms with Gasteiger partial charge in [-0.3, -0.25) is 0 Å². The summed E-state index contributed by atoms with van der Waals surface area (Å²) in [5.41, 5.74) is 0.661. The van der Waals surface area contributed by atoms with Crippen LogP contribution in [-0.2, 0) is 11.2 Å². The molecule has 0 bridgehead atoms. The van der Waals surface area contributed by atoms with Gasteiger partial charge >= 0.3 is 0 Å². The molecule has 17 heavy (non-hydrogen) atoms. The van der Waals surface area contributed by atoms with Crippen molar-refractivity contribution in [2.45, 2.75) is 25.3 Å².